The number of aliphatic hydroxyl groups is 2. The van der Waals surface area contributed by atoms with Crippen LogP contribution >= 0.6 is 0 Å². The largest absolute Gasteiger partial charge is 1.00 e. The maximum absolute atomic E-state index is 10.4. The van der Waals surface area contributed by atoms with Crippen molar-refractivity contribution in [1.82, 2.24) is 0 Å². The number of aliphatic carboxylic acids is 1. The Morgan fingerprint density at radius 3 is 2.43 bits per heavy atom. The summed E-state index contributed by atoms with van der Waals surface area (Å²) >= 11 is 0. The first-order valence-corrected chi connectivity index (χ1v) is 4.06. The third-order valence-corrected chi connectivity index (χ3v) is 2.12. The van der Waals surface area contributed by atoms with E-state index in [1.807, 2.05) is 6.92 Å². The number of hydrogen-bond donors (Lipinski definition) is 2. The first-order chi connectivity index (χ1) is 6.07. The molecule has 5 heteroatoms. The summed E-state index contributed by atoms with van der Waals surface area (Å²) in [7, 11) is 0. The van der Waals surface area contributed by atoms with Gasteiger partial charge in [-0.15, -0.1) is 0 Å². The predicted octanol–water partition coefficient (Wildman–Crippen LogP) is -4.26. The third kappa shape index (κ3) is 2.68. The molecule has 0 aliphatic heterocycles. The van der Waals surface area contributed by atoms with Crippen molar-refractivity contribution in [1.29, 1.82) is 0 Å². The Hall–Kier alpha value is -0.130. The van der Waals surface area contributed by atoms with Crippen LogP contribution in [0, 0.1) is 0 Å². The van der Waals surface area contributed by atoms with Crippen LogP contribution in [0.4, 0.5) is 0 Å². The van der Waals surface area contributed by atoms with Crippen LogP contribution in [0.15, 0.2) is 23.3 Å². The monoisotopic (exact) mass is 206 g/mol. The average Bonchev–Trinajstić information content (AvgIpc) is 2.09. The number of rotatable bonds is 2. The molecular weight excluding hydrogens is 195 g/mol. The van der Waals surface area contributed by atoms with E-state index >= 15 is 0 Å². The van der Waals surface area contributed by atoms with Gasteiger partial charge >= 0.3 is 29.6 Å². The number of carbonyl (C=O) groups is 1. The summed E-state index contributed by atoms with van der Waals surface area (Å²) in [6.45, 7) is 1.82. The second-order valence-corrected chi connectivity index (χ2v) is 2.89. The van der Waals surface area contributed by atoms with Crippen molar-refractivity contribution < 1.29 is 49.7 Å². The molecule has 1 aliphatic rings. The molecule has 0 radical (unpaired) electrons. The topological polar surface area (TPSA) is 80.6 Å². The van der Waals surface area contributed by atoms with Crippen molar-refractivity contribution >= 4 is 5.97 Å². The van der Waals surface area contributed by atoms with E-state index in [2.05, 4.69) is 0 Å². The second-order valence-electron chi connectivity index (χ2n) is 2.89. The third-order valence-electron chi connectivity index (χ3n) is 2.12. The zero-order chi connectivity index (χ0) is 10.0. The number of carboxylic acid groups (broad SMARTS) is 1. The molecule has 0 fully saturated rings. The Kier molecular flexibility index (Phi) is 5.63. The molecule has 72 valence electrons. The van der Waals surface area contributed by atoms with Crippen LogP contribution in [0.3, 0.4) is 0 Å². The van der Waals surface area contributed by atoms with E-state index in [0.29, 0.717) is 12.0 Å². The van der Waals surface area contributed by atoms with Gasteiger partial charge in [-0.25, -0.2) is 0 Å². The van der Waals surface area contributed by atoms with Gasteiger partial charge in [-0.2, -0.15) is 0 Å². The number of hydrogen-bond acceptors (Lipinski definition) is 4. The van der Waals surface area contributed by atoms with Crippen LogP contribution in [0.5, 0.6) is 0 Å². The smallest absolute Gasteiger partial charge is 0.545 e. The van der Waals surface area contributed by atoms with Gasteiger partial charge in [0.15, 0.2) is 0 Å². The minimum Gasteiger partial charge on any atom is -0.545 e. The van der Waals surface area contributed by atoms with Crippen LogP contribution in [0.2, 0.25) is 0 Å². The molecule has 2 atom stereocenters. The van der Waals surface area contributed by atoms with Crippen molar-refractivity contribution in [2.24, 2.45) is 0 Å². The minimum absolute atomic E-state index is 0. The Bertz CT molecular complexity index is 283. The standard InChI is InChI=1S/C9H12O4.Na/c1-2-5-3-4-6(9(12)13)8(11)7(5)10;/h3-4,7-8,10-11H,2H2,1H3,(H,12,13);/q;+1/p-1. The quantitative estimate of drug-likeness (QED) is 0.448. The van der Waals surface area contributed by atoms with E-state index in [4.69, 9.17) is 0 Å². The van der Waals surface area contributed by atoms with Crippen molar-refractivity contribution in [3.8, 4) is 0 Å². The Morgan fingerprint density at radius 1 is 1.43 bits per heavy atom. The maximum atomic E-state index is 10.4. The molecular formula is C9H11NaO4. The van der Waals surface area contributed by atoms with E-state index in [1.165, 1.54) is 12.2 Å². The van der Waals surface area contributed by atoms with Gasteiger partial charge in [0.25, 0.3) is 0 Å². The molecule has 0 saturated heterocycles. The molecule has 0 heterocycles. The van der Waals surface area contributed by atoms with E-state index < -0.39 is 18.2 Å². The van der Waals surface area contributed by atoms with Crippen LogP contribution in [0.1, 0.15) is 13.3 Å². The summed E-state index contributed by atoms with van der Waals surface area (Å²) in [6, 6.07) is 0. The van der Waals surface area contributed by atoms with Gasteiger partial charge in [0.1, 0.15) is 12.2 Å². The fraction of sp³-hybridized carbons (Fsp3) is 0.444. The maximum Gasteiger partial charge on any atom is 1.00 e. The molecule has 0 saturated carbocycles. The number of allylic oxidation sites excluding steroid dienone is 2. The summed E-state index contributed by atoms with van der Waals surface area (Å²) < 4.78 is 0. The Labute approximate surface area is 104 Å². The average molecular weight is 206 g/mol. The number of aliphatic hydroxyl groups excluding tert-OH is 2. The molecule has 0 bridgehead atoms. The molecule has 4 nitrogen and oxygen atoms in total. The second kappa shape index (κ2) is 5.68. The fourth-order valence-corrected chi connectivity index (χ4v) is 1.28. The molecule has 2 unspecified atom stereocenters. The van der Waals surface area contributed by atoms with Crippen molar-refractivity contribution in [2.75, 3.05) is 0 Å². The molecule has 0 aromatic rings. The number of carbonyl (C=O) groups excluding carboxylic acids is 1. The SMILES string of the molecule is CCC1=CC=C(C(=O)[O-])C(O)C1O.[Na+]. The Morgan fingerprint density at radius 2 is 2.00 bits per heavy atom. The molecule has 0 aromatic carbocycles. The van der Waals surface area contributed by atoms with Gasteiger partial charge in [0, 0.05) is 5.57 Å². The molecule has 2 N–H and O–H groups in total. The molecule has 1 rings (SSSR count). The van der Waals surface area contributed by atoms with Gasteiger partial charge in [-0.3, -0.25) is 0 Å². The van der Waals surface area contributed by atoms with E-state index in [1.54, 1.807) is 0 Å². The molecule has 0 spiro atoms. The van der Waals surface area contributed by atoms with Gasteiger partial charge in [-0.1, -0.05) is 19.1 Å². The minimum atomic E-state index is -1.45. The van der Waals surface area contributed by atoms with Crippen LogP contribution < -0.4 is 34.7 Å². The molecule has 14 heavy (non-hydrogen) atoms. The number of carboxylic acids is 1. The van der Waals surface area contributed by atoms with E-state index in [0.717, 1.165) is 0 Å². The Balaban J connectivity index is 0.00000169. The summed E-state index contributed by atoms with van der Waals surface area (Å²) in [4.78, 5) is 10.4. The van der Waals surface area contributed by atoms with Crippen LogP contribution in [-0.2, 0) is 4.79 Å². The van der Waals surface area contributed by atoms with E-state index in [-0.39, 0.29) is 35.1 Å². The zero-order valence-corrected chi connectivity index (χ0v) is 10.2. The fourth-order valence-electron chi connectivity index (χ4n) is 1.28. The molecule has 0 aromatic heterocycles. The first kappa shape index (κ1) is 13.9. The summed E-state index contributed by atoms with van der Waals surface area (Å²) in [5.74, 6) is -1.45. The van der Waals surface area contributed by atoms with Gasteiger partial charge in [0.05, 0.1) is 5.97 Å². The van der Waals surface area contributed by atoms with Gasteiger partial charge in [0.2, 0.25) is 0 Å². The summed E-state index contributed by atoms with van der Waals surface area (Å²) in [5, 5.41) is 29.2. The first-order valence-electron chi connectivity index (χ1n) is 4.06. The molecule has 1 aliphatic carbocycles. The van der Waals surface area contributed by atoms with Crippen LogP contribution in [0.25, 0.3) is 0 Å². The van der Waals surface area contributed by atoms with Crippen molar-refractivity contribution in [2.45, 2.75) is 25.6 Å². The normalized spacial score (nSPS) is 25.9. The van der Waals surface area contributed by atoms with Gasteiger partial charge in [-0.05, 0) is 12.0 Å². The van der Waals surface area contributed by atoms with Crippen molar-refractivity contribution in [3.05, 3.63) is 23.3 Å². The summed E-state index contributed by atoms with van der Waals surface area (Å²) in [6.07, 6.45) is 0.858. The van der Waals surface area contributed by atoms with Crippen molar-refractivity contribution in [3.63, 3.8) is 0 Å². The van der Waals surface area contributed by atoms with Gasteiger partial charge < -0.3 is 20.1 Å². The van der Waals surface area contributed by atoms with E-state index in [9.17, 15) is 20.1 Å². The zero-order valence-electron chi connectivity index (χ0n) is 8.23. The summed E-state index contributed by atoms with van der Waals surface area (Å²) in [5.41, 5.74) is 0.349. The van der Waals surface area contributed by atoms with Crippen LogP contribution in [-0.4, -0.2) is 28.4 Å². The predicted molar refractivity (Wildman–Crippen MR) is 43.5 cm³/mol. The molecule has 0 amide bonds.